The molecule has 3 heteroatoms. The average molecular weight is 325 g/mol. The molecular formula is C16H25BrN2. The van der Waals surface area contributed by atoms with Gasteiger partial charge in [-0.1, -0.05) is 28.1 Å². The largest absolute Gasteiger partial charge is 0.313 e. The van der Waals surface area contributed by atoms with Crippen LogP contribution < -0.4 is 5.32 Å². The lowest BCUT2D eigenvalue weighted by atomic mass is 10.00. The fourth-order valence-corrected chi connectivity index (χ4v) is 3.48. The number of rotatable bonds is 5. The van der Waals surface area contributed by atoms with Crippen LogP contribution in [0.15, 0.2) is 28.7 Å². The number of halogens is 1. The highest BCUT2D eigenvalue weighted by Gasteiger charge is 2.31. The van der Waals surface area contributed by atoms with Gasteiger partial charge in [0.25, 0.3) is 0 Å². The Labute approximate surface area is 125 Å². The highest BCUT2D eigenvalue weighted by atomic mass is 79.9. The van der Waals surface area contributed by atoms with Crippen molar-refractivity contribution in [2.24, 2.45) is 0 Å². The first-order valence-electron chi connectivity index (χ1n) is 7.21. The van der Waals surface area contributed by atoms with Gasteiger partial charge in [0.15, 0.2) is 0 Å². The van der Waals surface area contributed by atoms with Crippen LogP contribution in [0.25, 0.3) is 0 Å². The summed E-state index contributed by atoms with van der Waals surface area (Å²) in [5, 5.41) is 3.45. The van der Waals surface area contributed by atoms with Crippen LogP contribution in [0.2, 0.25) is 0 Å². The van der Waals surface area contributed by atoms with Gasteiger partial charge in [0.05, 0.1) is 0 Å². The Kier molecular flexibility index (Phi) is 5.04. The van der Waals surface area contributed by atoms with Gasteiger partial charge >= 0.3 is 0 Å². The smallest absolute Gasteiger partial charge is 0.0330 e. The van der Waals surface area contributed by atoms with Crippen molar-refractivity contribution >= 4 is 15.9 Å². The Morgan fingerprint density at radius 1 is 1.42 bits per heavy atom. The Balaban J connectivity index is 1.96. The summed E-state index contributed by atoms with van der Waals surface area (Å²) in [6.07, 6.45) is 3.83. The van der Waals surface area contributed by atoms with Crippen LogP contribution in [-0.4, -0.2) is 30.6 Å². The Hall–Kier alpha value is -0.380. The molecule has 1 unspecified atom stereocenters. The third-order valence-corrected chi connectivity index (χ3v) is 4.85. The van der Waals surface area contributed by atoms with E-state index in [-0.39, 0.29) is 0 Å². The lowest BCUT2D eigenvalue weighted by Gasteiger charge is -2.32. The van der Waals surface area contributed by atoms with Gasteiger partial charge < -0.3 is 5.32 Å². The molecule has 1 aromatic carbocycles. The third-order valence-electron chi connectivity index (χ3n) is 4.36. The molecule has 1 saturated heterocycles. The number of hydrogen-bond acceptors (Lipinski definition) is 2. The van der Waals surface area contributed by atoms with Crippen LogP contribution >= 0.6 is 15.9 Å². The lowest BCUT2D eigenvalue weighted by Crippen LogP contribution is -2.39. The van der Waals surface area contributed by atoms with E-state index in [1.54, 1.807) is 0 Å². The summed E-state index contributed by atoms with van der Waals surface area (Å²) in [6.45, 7) is 7.16. The number of benzene rings is 1. The topological polar surface area (TPSA) is 15.3 Å². The summed E-state index contributed by atoms with van der Waals surface area (Å²) in [4.78, 5) is 2.63. The maximum Gasteiger partial charge on any atom is 0.0330 e. The van der Waals surface area contributed by atoms with Crippen LogP contribution in [0, 0.1) is 0 Å². The molecule has 2 rings (SSSR count). The Morgan fingerprint density at radius 2 is 2.21 bits per heavy atom. The van der Waals surface area contributed by atoms with E-state index in [1.807, 2.05) is 0 Å². The summed E-state index contributed by atoms with van der Waals surface area (Å²) in [5.74, 6) is 0. The van der Waals surface area contributed by atoms with Crippen molar-refractivity contribution in [1.29, 1.82) is 0 Å². The zero-order valence-electron chi connectivity index (χ0n) is 12.2. The van der Waals surface area contributed by atoms with E-state index < -0.39 is 0 Å². The van der Waals surface area contributed by atoms with Crippen molar-refractivity contribution < 1.29 is 0 Å². The van der Waals surface area contributed by atoms with Crippen molar-refractivity contribution in [1.82, 2.24) is 10.2 Å². The quantitative estimate of drug-likeness (QED) is 0.881. The van der Waals surface area contributed by atoms with Gasteiger partial charge in [-0.15, -0.1) is 0 Å². The molecule has 106 valence electrons. The number of nitrogens with one attached hydrogen (secondary N) is 1. The fraction of sp³-hybridized carbons (Fsp3) is 0.625. The van der Waals surface area contributed by atoms with Crippen molar-refractivity contribution in [3.8, 4) is 0 Å². The maximum atomic E-state index is 3.56. The highest BCUT2D eigenvalue weighted by molar-refractivity contribution is 9.10. The first-order valence-corrected chi connectivity index (χ1v) is 8.00. The standard InChI is InChI=1S/C16H25BrN2/c1-16(2)9-5-10-19(16)11-8-15(18-3)13-6-4-7-14(17)12-13/h4,6-7,12,15,18H,5,8-11H2,1-3H3. The van der Waals surface area contributed by atoms with E-state index in [4.69, 9.17) is 0 Å². The zero-order valence-corrected chi connectivity index (χ0v) is 13.8. The van der Waals surface area contributed by atoms with Gasteiger partial charge in [0.1, 0.15) is 0 Å². The van der Waals surface area contributed by atoms with E-state index in [0.29, 0.717) is 11.6 Å². The summed E-state index contributed by atoms with van der Waals surface area (Å²) >= 11 is 3.56. The van der Waals surface area contributed by atoms with Crippen LogP contribution in [0.3, 0.4) is 0 Å². The summed E-state index contributed by atoms with van der Waals surface area (Å²) in [6, 6.07) is 9.06. The van der Waals surface area contributed by atoms with Crippen LogP contribution in [0.5, 0.6) is 0 Å². The predicted octanol–water partition coefficient (Wildman–Crippen LogP) is 3.97. The van der Waals surface area contributed by atoms with E-state index in [9.17, 15) is 0 Å². The zero-order chi connectivity index (χ0) is 13.9. The molecule has 1 fully saturated rings. The van der Waals surface area contributed by atoms with Crippen molar-refractivity contribution in [2.75, 3.05) is 20.1 Å². The van der Waals surface area contributed by atoms with E-state index in [1.165, 1.54) is 31.5 Å². The maximum absolute atomic E-state index is 3.56. The normalized spacial score (nSPS) is 20.6. The van der Waals surface area contributed by atoms with Gasteiger partial charge in [-0.2, -0.15) is 0 Å². The fourth-order valence-electron chi connectivity index (χ4n) is 3.06. The summed E-state index contributed by atoms with van der Waals surface area (Å²) in [7, 11) is 2.06. The number of hydrogen-bond donors (Lipinski definition) is 1. The minimum absolute atomic E-state index is 0.384. The first-order chi connectivity index (χ1) is 9.03. The SMILES string of the molecule is CNC(CCN1CCCC1(C)C)c1cccc(Br)c1. The number of likely N-dealkylation sites (tertiary alicyclic amines) is 1. The monoisotopic (exact) mass is 324 g/mol. The van der Waals surface area contributed by atoms with E-state index in [2.05, 4.69) is 71.3 Å². The second kappa shape index (κ2) is 6.38. The van der Waals surface area contributed by atoms with Crippen molar-refractivity contribution in [3.63, 3.8) is 0 Å². The van der Waals surface area contributed by atoms with Gasteiger partial charge in [0.2, 0.25) is 0 Å². The molecule has 1 aromatic rings. The van der Waals surface area contributed by atoms with Gasteiger partial charge in [-0.05, 0) is 64.4 Å². The van der Waals surface area contributed by atoms with E-state index >= 15 is 0 Å². The third kappa shape index (κ3) is 3.80. The van der Waals surface area contributed by atoms with Gasteiger partial charge in [0, 0.05) is 22.6 Å². The lowest BCUT2D eigenvalue weighted by molar-refractivity contribution is 0.167. The highest BCUT2D eigenvalue weighted by Crippen LogP contribution is 2.29. The van der Waals surface area contributed by atoms with Crippen LogP contribution in [0.4, 0.5) is 0 Å². The second-order valence-corrected chi connectivity index (χ2v) is 7.00. The second-order valence-electron chi connectivity index (χ2n) is 6.09. The Bertz CT molecular complexity index is 417. The molecule has 0 aliphatic carbocycles. The van der Waals surface area contributed by atoms with Crippen LogP contribution in [0.1, 0.15) is 44.7 Å². The molecule has 19 heavy (non-hydrogen) atoms. The van der Waals surface area contributed by atoms with Crippen molar-refractivity contribution in [3.05, 3.63) is 34.3 Å². The molecule has 0 aromatic heterocycles. The van der Waals surface area contributed by atoms with Gasteiger partial charge in [-0.3, -0.25) is 4.90 Å². The van der Waals surface area contributed by atoms with Gasteiger partial charge in [-0.25, -0.2) is 0 Å². The van der Waals surface area contributed by atoms with Crippen molar-refractivity contribution in [2.45, 2.75) is 44.7 Å². The van der Waals surface area contributed by atoms with E-state index in [0.717, 1.165) is 10.9 Å². The first kappa shape index (κ1) is 15.0. The molecule has 2 nitrogen and oxygen atoms in total. The molecule has 0 amide bonds. The van der Waals surface area contributed by atoms with Crippen LogP contribution in [-0.2, 0) is 0 Å². The molecule has 1 atom stereocenters. The minimum Gasteiger partial charge on any atom is -0.313 e. The predicted molar refractivity (Wildman–Crippen MR) is 85.4 cm³/mol. The molecule has 1 heterocycles. The molecule has 0 spiro atoms. The Morgan fingerprint density at radius 3 is 2.79 bits per heavy atom. The number of nitrogens with zero attached hydrogens (tertiary/aromatic N) is 1. The molecule has 1 N–H and O–H groups in total. The summed E-state index contributed by atoms with van der Waals surface area (Å²) in [5.41, 5.74) is 1.75. The summed E-state index contributed by atoms with van der Waals surface area (Å²) < 4.78 is 1.16. The molecular weight excluding hydrogens is 300 g/mol. The average Bonchev–Trinajstić information content (AvgIpc) is 2.70. The molecule has 0 radical (unpaired) electrons. The minimum atomic E-state index is 0.384. The molecule has 1 aliphatic rings. The molecule has 0 saturated carbocycles. The molecule has 0 bridgehead atoms. The molecule has 1 aliphatic heterocycles.